The minimum atomic E-state index is 0.167. The summed E-state index contributed by atoms with van der Waals surface area (Å²) in [4.78, 5) is 0. The van der Waals surface area contributed by atoms with E-state index >= 15 is 0 Å². The number of ether oxygens (including phenoxy) is 1. The Kier molecular flexibility index (Phi) is 2.88. The lowest BCUT2D eigenvalue weighted by Gasteiger charge is -2.29. The van der Waals surface area contributed by atoms with Crippen molar-refractivity contribution in [3.63, 3.8) is 0 Å². The van der Waals surface area contributed by atoms with E-state index in [1.54, 1.807) is 0 Å². The van der Waals surface area contributed by atoms with E-state index in [-0.39, 0.29) is 12.2 Å². The van der Waals surface area contributed by atoms with E-state index in [0.717, 1.165) is 13.1 Å². The van der Waals surface area contributed by atoms with Crippen LogP contribution in [-0.2, 0) is 11.8 Å². The molecule has 0 saturated carbocycles. The molecule has 2 atom stereocenters. The maximum absolute atomic E-state index is 6.10. The first kappa shape index (κ1) is 11.8. The van der Waals surface area contributed by atoms with Crippen molar-refractivity contribution in [3.05, 3.63) is 35.5 Å². The normalized spacial score (nSPS) is 24.6. The summed E-state index contributed by atoms with van der Waals surface area (Å²) in [6, 6.07) is 8.56. The Morgan fingerprint density at radius 2 is 2.06 bits per heavy atom. The van der Waals surface area contributed by atoms with Crippen molar-refractivity contribution in [2.24, 2.45) is 7.05 Å². The highest BCUT2D eigenvalue weighted by atomic mass is 16.5. The van der Waals surface area contributed by atoms with Gasteiger partial charge in [0.05, 0.1) is 12.2 Å². The lowest BCUT2D eigenvalue weighted by atomic mass is 10.0. The molecular weight excluding hydrogens is 224 g/mol. The standard InChI is InChI=1S/C15H20N2O/c1-10-8-16-9-14(18-10)15-11(2)17(3)13-7-5-4-6-12(13)15/h4-7,10,14,16H,8-9H2,1-3H3. The summed E-state index contributed by atoms with van der Waals surface area (Å²) in [6.07, 6.45) is 0.446. The Labute approximate surface area is 108 Å². The molecule has 0 bridgehead atoms. The highest BCUT2D eigenvalue weighted by Gasteiger charge is 2.25. The van der Waals surface area contributed by atoms with Gasteiger partial charge in [-0.1, -0.05) is 18.2 Å². The molecule has 1 aliphatic rings. The number of aryl methyl sites for hydroxylation is 1. The smallest absolute Gasteiger partial charge is 0.0976 e. The first-order valence-electron chi connectivity index (χ1n) is 6.58. The molecule has 2 aromatic rings. The second kappa shape index (κ2) is 4.41. The van der Waals surface area contributed by atoms with Gasteiger partial charge in [-0.25, -0.2) is 0 Å². The first-order chi connectivity index (χ1) is 8.68. The zero-order valence-electron chi connectivity index (χ0n) is 11.2. The summed E-state index contributed by atoms with van der Waals surface area (Å²) in [5, 5.41) is 4.77. The van der Waals surface area contributed by atoms with Gasteiger partial charge in [0.15, 0.2) is 0 Å². The average molecular weight is 244 g/mol. The van der Waals surface area contributed by atoms with Crippen molar-refractivity contribution < 1.29 is 4.74 Å². The molecule has 1 fully saturated rings. The van der Waals surface area contributed by atoms with Crippen molar-refractivity contribution in [1.82, 2.24) is 9.88 Å². The maximum Gasteiger partial charge on any atom is 0.0976 e. The fourth-order valence-corrected chi connectivity index (χ4v) is 2.92. The fraction of sp³-hybridized carbons (Fsp3) is 0.467. The Morgan fingerprint density at radius 3 is 2.83 bits per heavy atom. The second-order valence-corrected chi connectivity index (χ2v) is 5.17. The van der Waals surface area contributed by atoms with E-state index < -0.39 is 0 Å². The summed E-state index contributed by atoms with van der Waals surface area (Å²) < 4.78 is 8.36. The van der Waals surface area contributed by atoms with Crippen LogP contribution >= 0.6 is 0 Å². The molecular formula is C15H20N2O. The zero-order chi connectivity index (χ0) is 12.7. The molecule has 3 heteroatoms. The van der Waals surface area contributed by atoms with Crippen LogP contribution in [0, 0.1) is 6.92 Å². The van der Waals surface area contributed by atoms with Crippen molar-refractivity contribution in [2.75, 3.05) is 13.1 Å². The molecule has 1 aromatic heterocycles. The van der Waals surface area contributed by atoms with E-state index in [1.165, 1.54) is 22.2 Å². The van der Waals surface area contributed by atoms with Crippen LogP contribution in [0.25, 0.3) is 10.9 Å². The molecule has 0 spiro atoms. The molecule has 18 heavy (non-hydrogen) atoms. The van der Waals surface area contributed by atoms with Crippen LogP contribution < -0.4 is 5.32 Å². The van der Waals surface area contributed by atoms with Gasteiger partial charge < -0.3 is 14.6 Å². The van der Waals surface area contributed by atoms with E-state index in [0.29, 0.717) is 0 Å². The second-order valence-electron chi connectivity index (χ2n) is 5.17. The van der Waals surface area contributed by atoms with Crippen LogP contribution in [0.1, 0.15) is 24.3 Å². The SMILES string of the molecule is Cc1c(C2CNCC(C)O2)c2ccccc2n1C. The molecule has 0 amide bonds. The molecule has 0 radical (unpaired) electrons. The van der Waals surface area contributed by atoms with Crippen molar-refractivity contribution >= 4 is 10.9 Å². The predicted octanol–water partition coefficient (Wildman–Crippen LogP) is 2.54. The molecule has 1 aromatic carbocycles. The summed E-state index contributed by atoms with van der Waals surface area (Å²) in [7, 11) is 2.13. The fourth-order valence-electron chi connectivity index (χ4n) is 2.92. The lowest BCUT2D eigenvalue weighted by molar-refractivity contribution is -0.0283. The largest absolute Gasteiger partial charge is 0.368 e. The number of nitrogens with one attached hydrogen (secondary N) is 1. The van der Waals surface area contributed by atoms with Gasteiger partial charge in [-0.3, -0.25) is 0 Å². The van der Waals surface area contributed by atoms with E-state index in [4.69, 9.17) is 4.74 Å². The van der Waals surface area contributed by atoms with Gasteiger partial charge in [-0.05, 0) is 19.9 Å². The minimum absolute atomic E-state index is 0.167. The number of aromatic nitrogens is 1. The van der Waals surface area contributed by atoms with Gasteiger partial charge in [0.25, 0.3) is 0 Å². The van der Waals surface area contributed by atoms with Crippen LogP contribution in [0.5, 0.6) is 0 Å². The number of para-hydroxylation sites is 1. The number of fused-ring (bicyclic) bond motifs is 1. The molecule has 3 rings (SSSR count). The summed E-state index contributed by atoms with van der Waals surface area (Å²) in [6.45, 7) is 6.15. The van der Waals surface area contributed by atoms with Crippen molar-refractivity contribution in [2.45, 2.75) is 26.1 Å². The van der Waals surface area contributed by atoms with Gasteiger partial charge in [0.2, 0.25) is 0 Å². The molecule has 1 aliphatic heterocycles. The van der Waals surface area contributed by atoms with Gasteiger partial charge in [0, 0.05) is 42.3 Å². The quantitative estimate of drug-likeness (QED) is 0.834. The Bertz CT molecular complexity index is 573. The minimum Gasteiger partial charge on any atom is -0.368 e. The molecule has 3 nitrogen and oxygen atoms in total. The topological polar surface area (TPSA) is 26.2 Å². The van der Waals surface area contributed by atoms with Gasteiger partial charge in [-0.15, -0.1) is 0 Å². The molecule has 0 aliphatic carbocycles. The molecule has 2 heterocycles. The third-order valence-electron chi connectivity index (χ3n) is 3.93. The van der Waals surface area contributed by atoms with Crippen LogP contribution in [0.4, 0.5) is 0 Å². The third kappa shape index (κ3) is 1.74. The van der Waals surface area contributed by atoms with E-state index in [1.807, 2.05) is 0 Å². The Morgan fingerprint density at radius 1 is 1.28 bits per heavy atom. The van der Waals surface area contributed by atoms with Crippen molar-refractivity contribution in [1.29, 1.82) is 0 Å². The molecule has 1 saturated heterocycles. The molecule has 96 valence electrons. The third-order valence-corrected chi connectivity index (χ3v) is 3.93. The lowest BCUT2D eigenvalue weighted by Crippen LogP contribution is -2.39. The van der Waals surface area contributed by atoms with Gasteiger partial charge in [-0.2, -0.15) is 0 Å². The first-order valence-corrected chi connectivity index (χ1v) is 6.58. The number of nitrogens with zero attached hydrogens (tertiary/aromatic N) is 1. The molecule has 2 unspecified atom stereocenters. The highest BCUT2D eigenvalue weighted by Crippen LogP contribution is 2.33. The monoisotopic (exact) mass is 244 g/mol. The Hall–Kier alpha value is -1.32. The highest BCUT2D eigenvalue weighted by molar-refractivity contribution is 5.85. The predicted molar refractivity (Wildman–Crippen MR) is 73.8 cm³/mol. The number of benzene rings is 1. The summed E-state index contributed by atoms with van der Waals surface area (Å²) in [5.74, 6) is 0. The van der Waals surface area contributed by atoms with E-state index in [9.17, 15) is 0 Å². The van der Waals surface area contributed by atoms with Crippen molar-refractivity contribution in [3.8, 4) is 0 Å². The van der Waals surface area contributed by atoms with E-state index in [2.05, 4.69) is 55.0 Å². The summed E-state index contributed by atoms with van der Waals surface area (Å²) >= 11 is 0. The maximum atomic E-state index is 6.10. The van der Waals surface area contributed by atoms with Gasteiger partial charge >= 0.3 is 0 Å². The van der Waals surface area contributed by atoms with Crippen LogP contribution in [0.3, 0.4) is 0 Å². The Balaban J connectivity index is 2.13. The zero-order valence-corrected chi connectivity index (χ0v) is 11.2. The average Bonchev–Trinajstić information content (AvgIpc) is 2.63. The number of hydrogen-bond acceptors (Lipinski definition) is 2. The van der Waals surface area contributed by atoms with Crippen LogP contribution in [-0.4, -0.2) is 23.8 Å². The van der Waals surface area contributed by atoms with Gasteiger partial charge in [0.1, 0.15) is 0 Å². The molecule has 1 N–H and O–H groups in total. The van der Waals surface area contributed by atoms with Crippen LogP contribution in [0.2, 0.25) is 0 Å². The summed E-state index contributed by atoms with van der Waals surface area (Å²) in [5.41, 5.74) is 3.93. The number of rotatable bonds is 1. The van der Waals surface area contributed by atoms with Crippen LogP contribution in [0.15, 0.2) is 24.3 Å². The number of morpholine rings is 1. The number of hydrogen-bond donors (Lipinski definition) is 1.